The summed E-state index contributed by atoms with van der Waals surface area (Å²) in [5, 5.41) is 13.8. The third kappa shape index (κ3) is 6.74. The van der Waals surface area contributed by atoms with E-state index >= 15 is 0 Å². The van der Waals surface area contributed by atoms with Gasteiger partial charge in [-0.25, -0.2) is 9.18 Å². The summed E-state index contributed by atoms with van der Waals surface area (Å²) in [6.45, 7) is 3.08. The second kappa shape index (κ2) is 11.4. The summed E-state index contributed by atoms with van der Waals surface area (Å²) in [5.74, 6) is -0.150. The Labute approximate surface area is 191 Å². The second-order valence-corrected chi connectivity index (χ2v) is 8.17. The maximum absolute atomic E-state index is 13.2. The lowest BCUT2D eigenvalue weighted by molar-refractivity contribution is -0.384. The number of halogens is 1. The Bertz CT molecular complexity index is 957. The van der Waals surface area contributed by atoms with Crippen LogP contribution in [0, 0.1) is 21.8 Å². The van der Waals surface area contributed by atoms with E-state index in [0.717, 1.165) is 19.3 Å². The fraction of sp³-hybridized carbons (Fsp3) is 0.417. The van der Waals surface area contributed by atoms with Crippen molar-refractivity contribution in [2.75, 3.05) is 13.1 Å². The molecule has 0 spiro atoms. The molecule has 0 aliphatic carbocycles. The normalized spacial score (nSPS) is 15.0. The number of unbranched alkanes of at least 4 members (excludes halogenated alkanes) is 1. The van der Waals surface area contributed by atoms with Crippen molar-refractivity contribution >= 4 is 17.7 Å². The zero-order valence-electron chi connectivity index (χ0n) is 18.5. The molecule has 2 aromatic carbocycles. The number of benzene rings is 2. The van der Waals surface area contributed by atoms with Crippen LogP contribution in [0.25, 0.3) is 0 Å². The summed E-state index contributed by atoms with van der Waals surface area (Å²) in [6.07, 6.45) is 3.74. The zero-order valence-corrected chi connectivity index (χ0v) is 18.5. The van der Waals surface area contributed by atoms with Crippen molar-refractivity contribution in [2.45, 2.75) is 45.1 Å². The summed E-state index contributed by atoms with van der Waals surface area (Å²) >= 11 is 0. The van der Waals surface area contributed by atoms with Gasteiger partial charge in [-0.2, -0.15) is 0 Å². The van der Waals surface area contributed by atoms with E-state index in [-0.39, 0.29) is 35.1 Å². The number of amides is 2. The van der Waals surface area contributed by atoms with Gasteiger partial charge in [0.2, 0.25) is 0 Å². The number of ether oxygens (including phenoxy) is 1. The average Bonchev–Trinajstić information content (AvgIpc) is 2.82. The molecule has 176 valence electrons. The highest BCUT2D eigenvalue weighted by Crippen LogP contribution is 2.25. The van der Waals surface area contributed by atoms with Crippen molar-refractivity contribution in [2.24, 2.45) is 5.92 Å². The van der Waals surface area contributed by atoms with E-state index in [4.69, 9.17) is 4.74 Å². The Morgan fingerprint density at radius 3 is 2.36 bits per heavy atom. The molecule has 1 saturated heterocycles. The van der Waals surface area contributed by atoms with Gasteiger partial charge in [0.25, 0.3) is 11.6 Å². The van der Waals surface area contributed by atoms with E-state index in [1.807, 2.05) is 0 Å². The Kier molecular flexibility index (Phi) is 8.34. The van der Waals surface area contributed by atoms with Gasteiger partial charge >= 0.3 is 6.09 Å². The highest BCUT2D eigenvalue weighted by molar-refractivity contribution is 5.94. The minimum Gasteiger partial charge on any atom is -0.410 e. The Balaban J connectivity index is 1.55. The molecule has 33 heavy (non-hydrogen) atoms. The number of carbonyl (C=O) groups excluding carboxylic acids is 2. The van der Waals surface area contributed by atoms with Crippen LogP contribution in [0.3, 0.4) is 0 Å². The Hall–Kier alpha value is -3.49. The molecular weight excluding hydrogens is 429 g/mol. The molecule has 0 saturated carbocycles. The molecule has 1 fully saturated rings. The molecule has 1 N–H and O–H groups in total. The third-order valence-electron chi connectivity index (χ3n) is 5.91. The first kappa shape index (κ1) is 24.2. The van der Waals surface area contributed by atoms with Gasteiger partial charge in [0.1, 0.15) is 11.6 Å². The van der Waals surface area contributed by atoms with Gasteiger partial charge in [-0.3, -0.25) is 14.9 Å². The lowest BCUT2D eigenvalue weighted by atomic mass is 9.86. The summed E-state index contributed by atoms with van der Waals surface area (Å²) in [7, 11) is 0. The molecule has 2 aromatic rings. The first-order valence-corrected chi connectivity index (χ1v) is 11.1. The predicted octanol–water partition coefficient (Wildman–Crippen LogP) is 4.93. The van der Waals surface area contributed by atoms with Crippen LogP contribution < -0.4 is 10.1 Å². The standard InChI is InChI=1S/C24H28FN3O5/c1-2-3-4-22(26-23(29)18-5-7-19(25)8-6-18)17-13-15-27(16-14-17)24(30)33-21-11-9-20(10-12-21)28(31)32/h5-12,17,22H,2-4,13-16H2,1H3,(H,26,29)/t22-/m1/s1. The van der Waals surface area contributed by atoms with Crippen molar-refractivity contribution in [3.8, 4) is 5.75 Å². The molecule has 0 aromatic heterocycles. The Morgan fingerprint density at radius 2 is 1.79 bits per heavy atom. The smallest absolute Gasteiger partial charge is 0.410 e. The molecule has 1 aliphatic heterocycles. The number of nitro benzene ring substituents is 1. The fourth-order valence-corrected chi connectivity index (χ4v) is 3.99. The van der Waals surface area contributed by atoms with Crippen LogP contribution in [-0.4, -0.2) is 41.0 Å². The van der Waals surface area contributed by atoms with Crippen molar-refractivity contribution in [3.63, 3.8) is 0 Å². The van der Waals surface area contributed by atoms with Crippen molar-refractivity contribution in [1.82, 2.24) is 10.2 Å². The molecular formula is C24H28FN3O5. The van der Waals surface area contributed by atoms with Gasteiger partial charge < -0.3 is 15.0 Å². The molecule has 0 unspecified atom stereocenters. The van der Waals surface area contributed by atoms with Crippen LogP contribution in [0.4, 0.5) is 14.9 Å². The van der Waals surface area contributed by atoms with Gasteiger partial charge in [-0.1, -0.05) is 19.8 Å². The van der Waals surface area contributed by atoms with Gasteiger partial charge in [-0.05, 0) is 61.6 Å². The van der Waals surface area contributed by atoms with Gasteiger partial charge in [0.05, 0.1) is 4.92 Å². The number of likely N-dealkylation sites (tertiary alicyclic amines) is 1. The number of nitrogens with zero attached hydrogens (tertiary/aromatic N) is 2. The van der Waals surface area contributed by atoms with Crippen molar-refractivity contribution in [3.05, 3.63) is 70.0 Å². The maximum atomic E-state index is 13.2. The van der Waals surface area contributed by atoms with Crippen LogP contribution in [0.2, 0.25) is 0 Å². The highest BCUT2D eigenvalue weighted by Gasteiger charge is 2.30. The largest absolute Gasteiger partial charge is 0.415 e. The van der Waals surface area contributed by atoms with E-state index in [0.29, 0.717) is 31.5 Å². The summed E-state index contributed by atoms with van der Waals surface area (Å²) in [4.78, 5) is 37.0. The minimum absolute atomic E-state index is 0.0321. The van der Waals surface area contributed by atoms with E-state index in [2.05, 4.69) is 12.2 Å². The van der Waals surface area contributed by atoms with Crippen LogP contribution in [-0.2, 0) is 0 Å². The summed E-state index contributed by atoms with van der Waals surface area (Å²) in [5.41, 5.74) is 0.346. The second-order valence-electron chi connectivity index (χ2n) is 8.17. The number of piperidine rings is 1. The topological polar surface area (TPSA) is 102 Å². The maximum Gasteiger partial charge on any atom is 0.415 e. The average molecular weight is 458 g/mol. The third-order valence-corrected chi connectivity index (χ3v) is 5.91. The van der Waals surface area contributed by atoms with Crippen molar-refractivity contribution in [1.29, 1.82) is 0 Å². The minimum atomic E-state index is -0.514. The molecule has 2 amide bonds. The van der Waals surface area contributed by atoms with Gasteiger partial charge in [0, 0.05) is 36.8 Å². The van der Waals surface area contributed by atoms with E-state index in [9.17, 15) is 24.1 Å². The Morgan fingerprint density at radius 1 is 1.15 bits per heavy atom. The van der Waals surface area contributed by atoms with E-state index < -0.39 is 11.0 Å². The number of hydrogen-bond acceptors (Lipinski definition) is 5. The molecule has 0 bridgehead atoms. The number of nitrogens with one attached hydrogen (secondary N) is 1. The highest BCUT2D eigenvalue weighted by atomic mass is 19.1. The number of rotatable bonds is 8. The molecule has 8 nitrogen and oxygen atoms in total. The van der Waals surface area contributed by atoms with Crippen LogP contribution >= 0.6 is 0 Å². The number of carbonyl (C=O) groups is 2. The monoisotopic (exact) mass is 457 g/mol. The lowest BCUT2D eigenvalue weighted by Gasteiger charge is -2.36. The summed E-state index contributed by atoms with van der Waals surface area (Å²) < 4.78 is 18.5. The number of nitro groups is 1. The first-order valence-electron chi connectivity index (χ1n) is 11.1. The number of hydrogen-bond donors (Lipinski definition) is 1. The first-order chi connectivity index (χ1) is 15.9. The lowest BCUT2D eigenvalue weighted by Crippen LogP contribution is -2.47. The van der Waals surface area contributed by atoms with E-state index in [1.165, 1.54) is 48.5 Å². The molecule has 1 atom stereocenters. The van der Waals surface area contributed by atoms with Crippen LogP contribution in [0.15, 0.2) is 48.5 Å². The van der Waals surface area contributed by atoms with Crippen LogP contribution in [0.5, 0.6) is 5.75 Å². The zero-order chi connectivity index (χ0) is 23.8. The van der Waals surface area contributed by atoms with E-state index in [1.54, 1.807) is 4.90 Å². The predicted molar refractivity (Wildman–Crippen MR) is 121 cm³/mol. The molecule has 3 rings (SSSR count). The molecule has 0 radical (unpaired) electrons. The molecule has 1 aliphatic rings. The van der Waals surface area contributed by atoms with Crippen LogP contribution in [0.1, 0.15) is 49.4 Å². The van der Waals surface area contributed by atoms with Gasteiger partial charge in [0.15, 0.2) is 0 Å². The number of non-ortho nitro benzene ring substituents is 1. The SMILES string of the molecule is CCCC[C@@H](NC(=O)c1ccc(F)cc1)C1CCN(C(=O)Oc2ccc([N+](=O)[O-])cc2)CC1. The fourth-order valence-electron chi connectivity index (χ4n) is 3.99. The summed E-state index contributed by atoms with van der Waals surface area (Å²) in [6, 6.07) is 10.8. The molecule has 1 heterocycles. The van der Waals surface area contributed by atoms with Crippen molar-refractivity contribution < 1.29 is 23.6 Å². The molecule has 9 heteroatoms. The van der Waals surface area contributed by atoms with Gasteiger partial charge in [-0.15, -0.1) is 0 Å². The quantitative estimate of drug-likeness (QED) is 0.447.